The molecule has 2 aromatic heterocycles. The number of quaternary nitrogens is 1. The molecule has 0 saturated carbocycles. The summed E-state index contributed by atoms with van der Waals surface area (Å²) in [7, 11) is 0. The van der Waals surface area contributed by atoms with Gasteiger partial charge in [-0.3, -0.25) is 4.79 Å². The SMILES string of the molecule is CCOC(=O)C1CC[NH+]([C@H](c2cccc(C)c2)c2sc3nc(C)nn3c2O)CC1. The monoisotopic (exact) mass is 415 g/mol. The molecule has 3 heterocycles. The van der Waals surface area contributed by atoms with Crippen molar-refractivity contribution < 1.29 is 19.5 Å². The fourth-order valence-corrected chi connectivity index (χ4v) is 5.42. The predicted molar refractivity (Wildman–Crippen MR) is 110 cm³/mol. The van der Waals surface area contributed by atoms with Crippen LogP contribution in [0, 0.1) is 19.8 Å². The molecular weight excluding hydrogens is 388 g/mol. The van der Waals surface area contributed by atoms with Gasteiger partial charge in [-0.15, -0.1) is 5.10 Å². The zero-order chi connectivity index (χ0) is 20.5. The summed E-state index contributed by atoms with van der Waals surface area (Å²) in [5.74, 6) is 0.691. The molecule has 0 radical (unpaired) electrons. The number of thiazole rings is 1. The van der Waals surface area contributed by atoms with E-state index in [1.165, 1.54) is 26.3 Å². The fourth-order valence-electron chi connectivity index (χ4n) is 4.23. The highest BCUT2D eigenvalue weighted by molar-refractivity contribution is 7.17. The normalized spacial score (nSPS) is 20.7. The summed E-state index contributed by atoms with van der Waals surface area (Å²) in [4.78, 5) is 19.5. The zero-order valence-corrected chi connectivity index (χ0v) is 17.8. The maximum absolute atomic E-state index is 12.1. The second-order valence-corrected chi connectivity index (χ2v) is 8.68. The second-order valence-electron chi connectivity index (χ2n) is 7.68. The Morgan fingerprint density at radius 2 is 2.14 bits per heavy atom. The van der Waals surface area contributed by atoms with Crippen molar-refractivity contribution in [3.63, 3.8) is 0 Å². The van der Waals surface area contributed by atoms with E-state index in [0.717, 1.165) is 36.4 Å². The summed E-state index contributed by atoms with van der Waals surface area (Å²) in [5, 5.41) is 15.3. The van der Waals surface area contributed by atoms with E-state index < -0.39 is 0 Å². The lowest BCUT2D eigenvalue weighted by atomic mass is 9.93. The minimum Gasteiger partial charge on any atom is -0.492 e. The molecule has 1 aliphatic rings. The maximum atomic E-state index is 12.1. The van der Waals surface area contributed by atoms with Crippen molar-refractivity contribution in [2.45, 2.75) is 39.7 Å². The Labute approximate surface area is 173 Å². The van der Waals surface area contributed by atoms with Crippen LogP contribution in [-0.4, -0.2) is 45.4 Å². The van der Waals surface area contributed by atoms with Crippen LogP contribution in [0.25, 0.3) is 4.96 Å². The number of carbonyl (C=O) groups is 1. The first kappa shape index (κ1) is 19.8. The summed E-state index contributed by atoms with van der Waals surface area (Å²) >= 11 is 1.49. The lowest BCUT2D eigenvalue weighted by Crippen LogP contribution is -3.13. The standard InChI is InChI=1S/C21H26N4O3S/c1-4-28-20(27)15-8-10-24(11-9-15)17(16-7-5-6-13(2)12-16)18-19(26)25-21(29-18)22-14(3)23-25/h5-7,12,15,17,26H,4,8-11H2,1-3H3/p+1/t17-/m1/s1. The minimum atomic E-state index is -0.0872. The Morgan fingerprint density at radius 1 is 1.38 bits per heavy atom. The van der Waals surface area contributed by atoms with Crippen molar-refractivity contribution in [3.05, 3.63) is 46.1 Å². The number of likely N-dealkylation sites (tertiary alicyclic amines) is 1. The van der Waals surface area contributed by atoms with Gasteiger partial charge in [-0.25, -0.2) is 4.98 Å². The molecule has 1 fully saturated rings. The topological polar surface area (TPSA) is 81.2 Å². The van der Waals surface area contributed by atoms with Gasteiger partial charge in [0.25, 0.3) is 0 Å². The predicted octanol–water partition coefficient (Wildman–Crippen LogP) is 2.06. The highest BCUT2D eigenvalue weighted by Gasteiger charge is 2.37. The number of aromatic hydroxyl groups is 1. The van der Waals surface area contributed by atoms with E-state index in [1.807, 2.05) is 13.8 Å². The molecule has 8 heteroatoms. The van der Waals surface area contributed by atoms with Crippen LogP contribution in [0.1, 0.15) is 47.6 Å². The highest BCUT2D eigenvalue weighted by atomic mass is 32.1. The molecule has 2 N–H and O–H groups in total. The van der Waals surface area contributed by atoms with Gasteiger partial charge in [0.1, 0.15) is 10.7 Å². The van der Waals surface area contributed by atoms with Gasteiger partial charge in [-0.05, 0) is 26.8 Å². The minimum absolute atomic E-state index is 0.0214. The summed E-state index contributed by atoms with van der Waals surface area (Å²) in [6, 6.07) is 8.40. The number of fused-ring (bicyclic) bond motifs is 1. The first-order valence-electron chi connectivity index (χ1n) is 10.1. The third-order valence-electron chi connectivity index (χ3n) is 5.60. The van der Waals surface area contributed by atoms with Gasteiger partial charge in [-0.2, -0.15) is 4.52 Å². The first-order chi connectivity index (χ1) is 14.0. The van der Waals surface area contributed by atoms with E-state index >= 15 is 0 Å². The van der Waals surface area contributed by atoms with E-state index in [0.29, 0.717) is 17.4 Å². The molecular formula is C21H27N4O3S+. The molecule has 3 aromatic rings. The molecule has 0 amide bonds. The van der Waals surface area contributed by atoms with Crippen molar-refractivity contribution >= 4 is 22.3 Å². The number of benzene rings is 1. The van der Waals surface area contributed by atoms with E-state index in [2.05, 4.69) is 41.3 Å². The van der Waals surface area contributed by atoms with Crippen LogP contribution in [0.5, 0.6) is 5.88 Å². The molecule has 1 aliphatic heterocycles. The number of nitrogens with zero attached hydrogens (tertiary/aromatic N) is 3. The second kappa shape index (κ2) is 8.12. The van der Waals surface area contributed by atoms with Crippen molar-refractivity contribution in [2.75, 3.05) is 19.7 Å². The molecule has 0 spiro atoms. The van der Waals surface area contributed by atoms with Crippen molar-refractivity contribution in [2.24, 2.45) is 5.92 Å². The zero-order valence-electron chi connectivity index (χ0n) is 17.0. The average Bonchev–Trinajstić information content (AvgIpc) is 3.20. The third-order valence-corrected chi connectivity index (χ3v) is 6.68. The van der Waals surface area contributed by atoms with Crippen LogP contribution in [0.4, 0.5) is 0 Å². The molecule has 4 rings (SSSR count). The van der Waals surface area contributed by atoms with Crippen LogP contribution >= 0.6 is 11.3 Å². The van der Waals surface area contributed by atoms with Gasteiger partial charge in [0.05, 0.1) is 25.6 Å². The van der Waals surface area contributed by atoms with E-state index in [1.54, 1.807) is 0 Å². The Bertz CT molecular complexity index is 1020. The highest BCUT2D eigenvalue weighted by Crippen LogP contribution is 2.35. The number of aryl methyl sites for hydroxylation is 2. The molecule has 1 aromatic carbocycles. The van der Waals surface area contributed by atoms with E-state index in [-0.39, 0.29) is 23.8 Å². The summed E-state index contributed by atoms with van der Waals surface area (Å²) in [6.45, 7) is 7.85. The molecule has 1 atom stereocenters. The van der Waals surface area contributed by atoms with Gasteiger partial charge in [0, 0.05) is 18.4 Å². The molecule has 29 heavy (non-hydrogen) atoms. The van der Waals surface area contributed by atoms with Crippen LogP contribution < -0.4 is 4.90 Å². The summed E-state index contributed by atoms with van der Waals surface area (Å²) < 4.78 is 6.75. The van der Waals surface area contributed by atoms with Gasteiger partial charge >= 0.3 is 5.97 Å². The molecule has 0 unspecified atom stereocenters. The molecule has 0 aliphatic carbocycles. The largest absolute Gasteiger partial charge is 0.492 e. The molecule has 0 bridgehead atoms. The first-order valence-corrected chi connectivity index (χ1v) is 10.9. The van der Waals surface area contributed by atoms with Gasteiger partial charge in [0.15, 0.2) is 6.04 Å². The lowest BCUT2D eigenvalue weighted by molar-refractivity contribution is -0.930. The number of aromatic nitrogens is 3. The number of rotatable bonds is 5. The van der Waals surface area contributed by atoms with E-state index in [9.17, 15) is 9.90 Å². The average molecular weight is 416 g/mol. The number of ether oxygens (including phenoxy) is 1. The molecule has 154 valence electrons. The van der Waals surface area contributed by atoms with Crippen LogP contribution in [0.3, 0.4) is 0 Å². The van der Waals surface area contributed by atoms with Gasteiger partial charge < -0.3 is 14.7 Å². The number of hydrogen-bond acceptors (Lipinski definition) is 6. The number of carbonyl (C=O) groups excluding carboxylic acids is 1. The summed E-state index contributed by atoms with van der Waals surface area (Å²) in [5.41, 5.74) is 2.34. The van der Waals surface area contributed by atoms with Gasteiger partial charge in [0.2, 0.25) is 10.8 Å². The van der Waals surface area contributed by atoms with Crippen LogP contribution in [0.15, 0.2) is 24.3 Å². The fraction of sp³-hybridized carbons (Fsp3) is 0.476. The quantitative estimate of drug-likeness (QED) is 0.624. The number of hydrogen-bond donors (Lipinski definition) is 2. The Hall–Kier alpha value is -2.45. The van der Waals surface area contributed by atoms with Crippen molar-refractivity contribution in [1.29, 1.82) is 0 Å². The Kier molecular flexibility index (Phi) is 5.56. The van der Waals surface area contributed by atoms with Crippen molar-refractivity contribution in [1.82, 2.24) is 14.6 Å². The number of esters is 1. The smallest absolute Gasteiger partial charge is 0.309 e. The Morgan fingerprint density at radius 3 is 2.79 bits per heavy atom. The maximum Gasteiger partial charge on any atom is 0.309 e. The van der Waals surface area contributed by atoms with Crippen molar-refractivity contribution in [3.8, 4) is 5.88 Å². The Balaban J connectivity index is 1.67. The number of piperidine rings is 1. The van der Waals surface area contributed by atoms with Crippen LogP contribution in [0.2, 0.25) is 0 Å². The van der Waals surface area contributed by atoms with E-state index in [4.69, 9.17) is 4.74 Å². The number of nitrogens with one attached hydrogen (secondary N) is 1. The van der Waals surface area contributed by atoms with Gasteiger partial charge in [-0.1, -0.05) is 35.1 Å². The molecule has 1 saturated heterocycles. The third kappa shape index (κ3) is 3.86. The van der Waals surface area contributed by atoms with Crippen LogP contribution in [-0.2, 0) is 9.53 Å². The molecule has 7 nitrogen and oxygen atoms in total. The summed E-state index contributed by atoms with van der Waals surface area (Å²) in [6.07, 6.45) is 1.58. The lowest BCUT2D eigenvalue weighted by Gasteiger charge is -2.33.